The summed E-state index contributed by atoms with van der Waals surface area (Å²) in [4.78, 5) is 29.4. The molecule has 0 unspecified atom stereocenters. The minimum atomic E-state index is -0.605. The fraction of sp³-hybridized carbons (Fsp3) is 0.391. The van der Waals surface area contributed by atoms with Gasteiger partial charge in [0.15, 0.2) is 11.4 Å². The molecule has 34 heavy (non-hydrogen) atoms. The molecule has 0 saturated carbocycles. The van der Waals surface area contributed by atoms with E-state index in [0.717, 1.165) is 0 Å². The standard InChI is InChI=1S/C23H25FN8O2/c1-23(2,3)14-32-13-17(28-29-32)19-16(24)11-15(12-26-19)21(33)30-7-9-31(10-8-30)22-27-20-18(34-22)5-4-6-25-20/h4-6,11-13H,7-10,14H2,1-3H3. The Hall–Kier alpha value is -3.89. The number of carbonyl (C=O) groups is 1. The molecule has 10 nitrogen and oxygen atoms in total. The van der Waals surface area contributed by atoms with Gasteiger partial charge in [-0.1, -0.05) is 26.0 Å². The van der Waals surface area contributed by atoms with E-state index in [4.69, 9.17) is 4.42 Å². The molecule has 5 heterocycles. The van der Waals surface area contributed by atoms with Gasteiger partial charge in [-0.2, -0.15) is 4.98 Å². The highest BCUT2D eigenvalue weighted by atomic mass is 19.1. The fourth-order valence-corrected chi connectivity index (χ4v) is 3.89. The largest absolute Gasteiger partial charge is 0.422 e. The van der Waals surface area contributed by atoms with Gasteiger partial charge in [0.2, 0.25) is 5.65 Å². The summed E-state index contributed by atoms with van der Waals surface area (Å²) in [6.45, 7) is 8.88. The van der Waals surface area contributed by atoms with Gasteiger partial charge in [-0.05, 0) is 23.6 Å². The smallest absolute Gasteiger partial charge is 0.300 e. The predicted octanol–water partition coefficient (Wildman–Crippen LogP) is 3.02. The Morgan fingerprint density at radius 3 is 2.68 bits per heavy atom. The van der Waals surface area contributed by atoms with Crippen LogP contribution in [-0.4, -0.2) is 66.9 Å². The summed E-state index contributed by atoms with van der Waals surface area (Å²) in [7, 11) is 0. The van der Waals surface area contributed by atoms with E-state index in [1.165, 1.54) is 12.3 Å². The summed E-state index contributed by atoms with van der Waals surface area (Å²) < 4.78 is 22.3. The van der Waals surface area contributed by atoms with Gasteiger partial charge >= 0.3 is 0 Å². The van der Waals surface area contributed by atoms with Gasteiger partial charge in [0.05, 0.1) is 11.8 Å². The van der Waals surface area contributed by atoms with Gasteiger partial charge in [0.25, 0.3) is 11.9 Å². The fourth-order valence-electron chi connectivity index (χ4n) is 3.89. The Kier molecular flexibility index (Phi) is 5.46. The topological polar surface area (TPSA) is 106 Å². The lowest BCUT2D eigenvalue weighted by molar-refractivity contribution is 0.0744. The van der Waals surface area contributed by atoms with Crippen molar-refractivity contribution in [1.29, 1.82) is 0 Å². The van der Waals surface area contributed by atoms with Gasteiger partial charge in [-0.3, -0.25) is 14.5 Å². The summed E-state index contributed by atoms with van der Waals surface area (Å²) in [6, 6.07) is 5.30. The maximum absolute atomic E-state index is 14.9. The number of oxazole rings is 1. The highest BCUT2D eigenvalue weighted by molar-refractivity contribution is 5.94. The molecule has 0 spiro atoms. The van der Waals surface area contributed by atoms with Crippen molar-refractivity contribution in [2.75, 3.05) is 31.1 Å². The molecule has 0 aliphatic carbocycles. The number of piperazine rings is 1. The zero-order valence-electron chi connectivity index (χ0n) is 19.3. The van der Waals surface area contributed by atoms with E-state index >= 15 is 0 Å². The van der Waals surface area contributed by atoms with Crippen molar-refractivity contribution in [3.63, 3.8) is 0 Å². The summed E-state index contributed by atoms with van der Waals surface area (Å²) in [5, 5.41) is 8.10. The van der Waals surface area contributed by atoms with E-state index in [0.29, 0.717) is 55.7 Å². The number of anilines is 1. The van der Waals surface area contributed by atoms with Crippen LogP contribution in [0.1, 0.15) is 31.1 Å². The molecular weight excluding hydrogens is 439 g/mol. The number of fused-ring (bicyclic) bond motifs is 1. The Morgan fingerprint density at radius 1 is 1.18 bits per heavy atom. The van der Waals surface area contributed by atoms with Crippen LogP contribution in [0.25, 0.3) is 22.6 Å². The zero-order valence-corrected chi connectivity index (χ0v) is 19.3. The third-order valence-electron chi connectivity index (χ3n) is 5.50. The third-order valence-corrected chi connectivity index (χ3v) is 5.50. The maximum Gasteiger partial charge on any atom is 0.300 e. The van der Waals surface area contributed by atoms with E-state index in [2.05, 4.69) is 46.0 Å². The van der Waals surface area contributed by atoms with Crippen LogP contribution in [0.5, 0.6) is 0 Å². The van der Waals surface area contributed by atoms with Crippen LogP contribution in [-0.2, 0) is 6.54 Å². The number of halogens is 1. The zero-order chi connectivity index (χ0) is 23.9. The van der Waals surface area contributed by atoms with Gasteiger partial charge in [-0.25, -0.2) is 9.37 Å². The van der Waals surface area contributed by atoms with Gasteiger partial charge < -0.3 is 14.2 Å². The minimum absolute atomic E-state index is 0.00853. The first-order chi connectivity index (χ1) is 16.3. The highest BCUT2D eigenvalue weighted by Gasteiger charge is 2.26. The summed E-state index contributed by atoms with van der Waals surface area (Å²) in [5.74, 6) is -0.875. The van der Waals surface area contributed by atoms with Gasteiger partial charge in [0, 0.05) is 45.1 Å². The summed E-state index contributed by atoms with van der Waals surface area (Å²) >= 11 is 0. The van der Waals surface area contributed by atoms with Crippen LogP contribution >= 0.6 is 0 Å². The van der Waals surface area contributed by atoms with Crippen molar-refractivity contribution in [2.45, 2.75) is 27.3 Å². The molecule has 1 aliphatic rings. The predicted molar refractivity (Wildman–Crippen MR) is 123 cm³/mol. The summed E-state index contributed by atoms with van der Waals surface area (Å²) in [6.07, 6.45) is 4.72. The number of pyridine rings is 2. The highest BCUT2D eigenvalue weighted by Crippen LogP contribution is 2.23. The number of hydrogen-bond donors (Lipinski definition) is 0. The lowest BCUT2D eigenvalue weighted by atomic mass is 9.97. The third kappa shape index (κ3) is 4.45. The van der Waals surface area contributed by atoms with Crippen molar-refractivity contribution in [3.05, 3.63) is 48.2 Å². The van der Waals surface area contributed by atoms with Crippen molar-refractivity contribution >= 4 is 23.2 Å². The van der Waals surface area contributed by atoms with Gasteiger partial charge in [-0.15, -0.1) is 5.10 Å². The molecule has 176 valence electrons. The normalized spacial score (nSPS) is 14.7. The number of hydrogen-bond acceptors (Lipinski definition) is 8. The Bertz CT molecular complexity index is 1300. The molecular formula is C23H25FN8O2. The van der Waals surface area contributed by atoms with E-state index in [-0.39, 0.29) is 22.6 Å². The molecule has 4 aromatic heterocycles. The van der Waals surface area contributed by atoms with E-state index in [9.17, 15) is 9.18 Å². The molecule has 0 atom stereocenters. The Morgan fingerprint density at radius 2 is 1.97 bits per heavy atom. The average Bonchev–Trinajstić information content (AvgIpc) is 3.44. The van der Waals surface area contributed by atoms with Crippen LogP contribution in [0.4, 0.5) is 10.4 Å². The van der Waals surface area contributed by atoms with Crippen molar-refractivity contribution < 1.29 is 13.6 Å². The quantitative estimate of drug-likeness (QED) is 0.454. The molecule has 0 bridgehead atoms. The van der Waals surface area contributed by atoms with E-state index in [1.807, 2.05) is 11.0 Å². The minimum Gasteiger partial charge on any atom is -0.422 e. The average molecular weight is 465 g/mol. The van der Waals surface area contributed by atoms with Gasteiger partial charge in [0.1, 0.15) is 11.4 Å². The molecule has 1 saturated heterocycles. The SMILES string of the molecule is CC(C)(C)Cn1cc(-c2ncc(C(=O)N3CCN(c4nc5ncccc5o4)CC3)cc2F)nn1. The number of aromatic nitrogens is 6. The molecule has 0 radical (unpaired) electrons. The van der Waals surface area contributed by atoms with Crippen LogP contribution in [0, 0.1) is 11.2 Å². The first-order valence-electron chi connectivity index (χ1n) is 11.1. The lowest BCUT2D eigenvalue weighted by Gasteiger charge is -2.33. The molecule has 0 N–H and O–H groups in total. The summed E-state index contributed by atoms with van der Waals surface area (Å²) in [5.41, 5.74) is 1.79. The molecule has 1 amide bonds. The Balaban J connectivity index is 1.25. The lowest BCUT2D eigenvalue weighted by Crippen LogP contribution is -2.49. The second kappa shape index (κ2) is 8.47. The second-order valence-electron chi connectivity index (χ2n) is 9.52. The van der Waals surface area contributed by atoms with Crippen LogP contribution < -0.4 is 4.90 Å². The molecule has 1 fully saturated rings. The van der Waals surface area contributed by atoms with Crippen molar-refractivity contribution in [3.8, 4) is 11.4 Å². The maximum atomic E-state index is 14.9. The van der Waals surface area contributed by atoms with E-state index < -0.39 is 5.82 Å². The van der Waals surface area contributed by atoms with Crippen molar-refractivity contribution in [2.24, 2.45) is 5.41 Å². The molecule has 4 aromatic rings. The van der Waals surface area contributed by atoms with Crippen LogP contribution in [0.15, 0.2) is 41.2 Å². The van der Waals surface area contributed by atoms with E-state index in [1.54, 1.807) is 28.0 Å². The number of rotatable bonds is 4. The van der Waals surface area contributed by atoms with Crippen LogP contribution in [0.2, 0.25) is 0 Å². The molecule has 5 rings (SSSR count). The Labute approximate surface area is 195 Å². The first-order valence-corrected chi connectivity index (χ1v) is 11.1. The molecule has 0 aromatic carbocycles. The molecule has 11 heteroatoms. The number of carbonyl (C=O) groups excluding carboxylic acids is 1. The van der Waals surface area contributed by atoms with Crippen molar-refractivity contribution in [1.82, 2.24) is 34.8 Å². The number of nitrogens with zero attached hydrogens (tertiary/aromatic N) is 8. The second-order valence-corrected chi connectivity index (χ2v) is 9.52. The monoisotopic (exact) mass is 464 g/mol. The molecule has 1 aliphatic heterocycles. The first kappa shape index (κ1) is 21.9. The van der Waals surface area contributed by atoms with Crippen LogP contribution in [0.3, 0.4) is 0 Å². The number of amides is 1.